The highest BCUT2D eigenvalue weighted by Crippen LogP contribution is 2.29. The highest BCUT2D eigenvalue weighted by molar-refractivity contribution is 5.91. The molecule has 2 aliphatic rings. The van der Waals surface area contributed by atoms with Crippen LogP contribution in [0.5, 0.6) is 0 Å². The molecule has 0 radical (unpaired) electrons. The molecule has 0 saturated carbocycles. The van der Waals surface area contributed by atoms with Gasteiger partial charge in [-0.25, -0.2) is 4.79 Å². The first-order chi connectivity index (χ1) is 10.5. The van der Waals surface area contributed by atoms with Crippen molar-refractivity contribution in [1.29, 1.82) is 0 Å². The summed E-state index contributed by atoms with van der Waals surface area (Å²) in [6.07, 6.45) is 1.63. The molecule has 7 nitrogen and oxygen atoms in total. The minimum Gasteiger partial charge on any atom is -0.456 e. The fourth-order valence-corrected chi connectivity index (χ4v) is 3.02. The molecule has 1 aromatic heterocycles. The molecular weight excluding hydrogens is 288 g/mol. The van der Waals surface area contributed by atoms with E-state index in [0.29, 0.717) is 38.2 Å². The highest BCUT2D eigenvalue weighted by atomic mass is 16.6. The summed E-state index contributed by atoms with van der Waals surface area (Å²) in [7, 11) is 0. The van der Waals surface area contributed by atoms with E-state index in [1.165, 1.54) is 12.1 Å². The van der Waals surface area contributed by atoms with Gasteiger partial charge in [0.25, 0.3) is 5.91 Å². The molecule has 0 bridgehead atoms. The fourth-order valence-electron chi connectivity index (χ4n) is 3.02. The van der Waals surface area contributed by atoms with Gasteiger partial charge >= 0.3 is 6.09 Å². The van der Waals surface area contributed by atoms with E-state index in [2.05, 4.69) is 5.32 Å². The predicted octanol–water partition coefficient (Wildman–Crippen LogP) is 1.05. The van der Waals surface area contributed by atoms with E-state index in [-0.39, 0.29) is 17.1 Å². The van der Waals surface area contributed by atoms with Crippen molar-refractivity contribution in [3.63, 3.8) is 0 Å². The molecule has 2 aliphatic heterocycles. The van der Waals surface area contributed by atoms with E-state index in [9.17, 15) is 14.4 Å². The van der Waals surface area contributed by atoms with Crippen molar-refractivity contribution in [2.75, 3.05) is 19.6 Å². The fraction of sp³-hybridized carbons (Fsp3) is 0.533. The number of nitrogens with zero attached hydrogens (tertiary/aromatic N) is 1. The molecule has 1 atom stereocenters. The normalized spacial score (nSPS) is 24.8. The summed E-state index contributed by atoms with van der Waals surface area (Å²) in [5.41, 5.74) is -0.758. The standard InChI is InChI=1S/C15H18N2O5/c1-10-7-11(18)8-12(21-10)13(19)17-5-2-3-15(4-6-17)9-16-14(20)22-15/h7-8H,2-6,9H2,1H3,(H,16,20). The second kappa shape index (κ2) is 5.47. The number of hydrogen-bond acceptors (Lipinski definition) is 5. The molecular formula is C15H18N2O5. The summed E-state index contributed by atoms with van der Waals surface area (Å²) in [5, 5.41) is 2.67. The molecule has 2 fully saturated rings. The van der Waals surface area contributed by atoms with Gasteiger partial charge in [-0.2, -0.15) is 0 Å². The zero-order valence-electron chi connectivity index (χ0n) is 12.4. The topological polar surface area (TPSA) is 88.9 Å². The lowest BCUT2D eigenvalue weighted by atomic mass is 9.95. The summed E-state index contributed by atoms with van der Waals surface area (Å²) in [6, 6.07) is 2.56. The second-order valence-corrected chi connectivity index (χ2v) is 5.84. The zero-order valence-corrected chi connectivity index (χ0v) is 12.4. The first kappa shape index (κ1) is 14.6. The average Bonchev–Trinajstić information content (AvgIpc) is 2.69. The maximum Gasteiger partial charge on any atom is 0.407 e. The van der Waals surface area contributed by atoms with Crippen LogP contribution in [0.25, 0.3) is 0 Å². The molecule has 2 saturated heterocycles. The molecule has 22 heavy (non-hydrogen) atoms. The Morgan fingerprint density at radius 3 is 2.77 bits per heavy atom. The van der Waals surface area contributed by atoms with E-state index in [1.54, 1.807) is 11.8 Å². The van der Waals surface area contributed by atoms with Crippen molar-refractivity contribution in [3.05, 3.63) is 33.9 Å². The van der Waals surface area contributed by atoms with E-state index in [4.69, 9.17) is 9.15 Å². The lowest BCUT2D eigenvalue weighted by molar-refractivity contribution is 0.0435. The number of alkyl carbamates (subject to hydrolysis) is 1. The Balaban J connectivity index is 1.74. The first-order valence-electron chi connectivity index (χ1n) is 7.35. The molecule has 1 aromatic rings. The van der Waals surface area contributed by atoms with Crippen LogP contribution in [0.3, 0.4) is 0 Å². The third kappa shape index (κ3) is 2.84. The molecule has 7 heteroatoms. The van der Waals surface area contributed by atoms with Gasteiger partial charge in [-0.05, 0) is 19.8 Å². The van der Waals surface area contributed by atoms with Crippen molar-refractivity contribution in [2.24, 2.45) is 0 Å². The maximum atomic E-state index is 12.5. The van der Waals surface area contributed by atoms with Crippen molar-refractivity contribution in [1.82, 2.24) is 10.2 Å². The molecule has 1 N–H and O–H groups in total. The quantitative estimate of drug-likeness (QED) is 0.838. The number of amides is 2. The SMILES string of the molecule is Cc1cc(=O)cc(C(=O)N2CCCC3(CC2)CNC(=O)O3)o1. The van der Waals surface area contributed by atoms with Crippen LogP contribution >= 0.6 is 0 Å². The van der Waals surface area contributed by atoms with Gasteiger partial charge in [0, 0.05) is 31.6 Å². The number of carbonyl (C=O) groups is 2. The van der Waals surface area contributed by atoms with Crippen LogP contribution in [-0.2, 0) is 4.74 Å². The number of likely N-dealkylation sites (tertiary alicyclic amines) is 1. The van der Waals surface area contributed by atoms with E-state index in [1.807, 2.05) is 0 Å². The van der Waals surface area contributed by atoms with Gasteiger partial charge in [0.1, 0.15) is 11.4 Å². The van der Waals surface area contributed by atoms with Crippen LogP contribution in [-0.4, -0.2) is 42.1 Å². The van der Waals surface area contributed by atoms with Gasteiger partial charge in [0.2, 0.25) is 0 Å². The average molecular weight is 306 g/mol. The van der Waals surface area contributed by atoms with Crippen LogP contribution in [0.15, 0.2) is 21.3 Å². The van der Waals surface area contributed by atoms with Crippen LogP contribution in [0.2, 0.25) is 0 Å². The van der Waals surface area contributed by atoms with Crippen LogP contribution < -0.4 is 10.7 Å². The number of hydrogen-bond donors (Lipinski definition) is 1. The van der Waals surface area contributed by atoms with Crippen LogP contribution in [0, 0.1) is 6.92 Å². The van der Waals surface area contributed by atoms with Crippen LogP contribution in [0.4, 0.5) is 4.79 Å². The molecule has 0 aromatic carbocycles. The molecule has 0 aliphatic carbocycles. The third-order valence-electron chi connectivity index (χ3n) is 4.15. The van der Waals surface area contributed by atoms with Gasteiger partial charge in [-0.3, -0.25) is 9.59 Å². The van der Waals surface area contributed by atoms with Gasteiger partial charge in [0.15, 0.2) is 11.2 Å². The van der Waals surface area contributed by atoms with Gasteiger partial charge in [-0.1, -0.05) is 0 Å². The molecule has 3 rings (SSSR count). The lowest BCUT2D eigenvalue weighted by Gasteiger charge is -2.24. The number of ether oxygens (including phenoxy) is 1. The van der Waals surface area contributed by atoms with Crippen molar-refractivity contribution >= 4 is 12.0 Å². The van der Waals surface area contributed by atoms with E-state index >= 15 is 0 Å². The predicted molar refractivity (Wildman–Crippen MR) is 76.7 cm³/mol. The Morgan fingerprint density at radius 2 is 2.09 bits per heavy atom. The largest absolute Gasteiger partial charge is 0.456 e. The van der Waals surface area contributed by atoms with Gasteiger partial charge in [-0.15, -0.1) is 0 Å². The number of aryl methyl sites for hydroxylation is 1. The molecule has 1 spiro atoms. The highest BCUT2D eigenvalue weighted by Gasteiger charge is 2.42. The Labute approximate surface area is 127 Å². The Hall–Kier alpha value is -2.31. The van der Waals surface area contributed by atoms with Crippen molar-refractivity contribution in [2.45, 2.75) is 31.8 Å². The lowest BCUT2D eigenvalue weighted by Crippen LogP contribution is -2.36. The monoisotopic (exact) mass is 306 g/mol. The van der Waals surface area contributed by atoms with Crippen molar-refractivity contribution in [3.8, 4) is 0 Å². The third-order valence-corrected chi connectivity index (χ3v) is 4.15. The molecule has 1 unspecified atom stereocenters. The summed E-state index contributed by atoms with van der Waals surface area (Å²) >= 11 is 0. The number of nitrogens with one attached hydrogen (secondary N) is 1. The summed E-state index contributed by atoms with van der Waals surface area (Å²) < 4.78 is 10.7. The zero-order chi connectivity index (χ0) is 15.7. The smallest absolute Gasteiger partial charge is 0.407 e. The van der Waals surface area contributed by atoms with Gasteiger partial charge < -0.3 is 19.4 Å². The van der Waals surface area contributed by atoms with Gasteiger partial charge in [0.05, 0.1) is 6.54 Å². The molecule has 3 heterocycles. The number of rotatable bonds is 1. The van der Waals surface area contributed by atoms with E-state index in [0.717, 1.165) is 6.42 Å². The Morgan fingerprint density at radius 1 is 1.27 bits per heavy atom. The van der Waals surface area contributed by atoms with Crippen LogP contribution in [0.1, 0.15) is 35.6 Å². The summed E-state index contributed by atoms with van der Waals surface area (Å²) in [6.45, 7) is 3.13. The molecule has 118 valence electrons. The van der Waals surface area contributed by atoms with Crippen molar-refractivity contribution < 1.29 is 18.7 Å². The first-order valence-corrected chi connectivity index (χ1v) is 7.35. The minimum absolute atomic E-state index is 0.0579. The second-order valence-electron chi connectivity index (χ2n) is 5.84. The minimum atomic E-state index is -0.514. The van der Waals surface area contributed by atoms with E-state index < -0.39 is 11.7 Å². The Bertz CT molecular complexity index is 668. The summed E-state index contributed by atoms with van der Waals surface area (Å²) in [5.74, 6) is 0.175. The molecule has 2 amide bonds. The maximum absolute atomic E-state index is 12.5. The number of carbonyl (C=O) groups excluding carboxylic acids is 2. The Kier molecular flexibility index (Phi) is 3.64. The summed E-state index contributed by atoms with van der Waals surface area (Å²) in [4.78, 5) is 36.9.